The van der Waals surface area contributed by atoms with Gasteiger partial charge in [0.1, 0.15) is 5.82 Å². The van der Waals surface area contributed by atoms with Gasteiger partial charge in [0, 0.05) is 54.3 Å². The maximum atomic E-state index is 14.2. The summed E-state index contributed by atoms with van der Waals surface area (Å²) in [6.45, 7) is 15.4. The first kappa shape index (κ1) is 53.6. The van der Waals surface area contributed by atoms with Gasteiger partial charge in [-0.3, -0.25) is 15.0 Å². The fraction of sp³-hybridized carbons (Fsp3) is 0.125. The van der Waals surface area contributed by atoms with Crippen molar-refractivity contribution in [3.05, 3.63) is 255 Å². The number of aryl methyl sites for hydroxylation is 1. The van der Waals surface area contributed by atoms with E-state index in [0.717, 1.165) is 131 Å². The summed E-state index contributed by atoms with van der Waals surface area (Å²) < 4.78 is 17.1. The number of halogens is 4. The van der Waals surface area contributed by atoms with Crippen molar-refractivity contribution in [3.8, 4) is 112 Å². The second kappa shape index (κ2) is 22.0. The van der Waals surface area contributed by atoms with Gasteiger partial charge in [-0.2, -0.15) is 0 Å². The molecule has 3 nitrogen and oxygen atoms in total. The third-order valence-electron chi connectivity index (χ3n) is 14.8. The summed E-state index contributed by atoms with van der Waals surface area (Å²) in [5.74, 6) is -0.268. The Hall–Kier alpha value is -7.42. The Labute approximate surface area is 489 Å². The monoisotopic (exact) mass is 1220 g/mol. The van der Waals surface area contributed by atoms with Crippen LogP contribution in [0.2, 0.25) is 0 Å². The molecule has 0 fully saturated rings. The molecule has 0 N–H and O–H groups in total. The third kappa shape index (κ3) is 11.3. The summed E-state index contributed by atoms with van der Waals surface area (Å²) in [6, 6.07) is 70.1. The number of rotatable bonds is 10. The molecule has 8 aromatic carbocycles. The van der Waals surface area contributed by atoms with Crippen molar-refractivity contribution >= 4 is 47.8 Å². The zero-order valence-corrected chi connectivity index (χ0v) is 49.9. The molecular formula is C72H57Br3FN3. The Bertz CT molecular complexity index is 3960. The van der Waals surface area contributed by atoms with E-state index < -0.39 is 0 Å². The Morgan fingerprint density at radius 3 is 1.05 bits per heavy atom. The molecule has 0 radical (unpaired) electrons. The quantitative estimate of drug-likeness (QED) is 0.137. The van der Waals surface area contributed by atoms with Crippen LogP contribution in [0.1, 0.15) is 58.2 Å². The molecule has 11 rings (SSSR count). The van der Waals surface area contributed by atoms with Crippen molar-refractivity contribution in [2.45, 2.75) is 59.3 Å². The molecule has 3 aromatic heterocycles. The normalized spacial score (nSPS) is 11.7. The van der Waals surface area contributed by atoms with E-state index in [1.165, 1.54) is 17.2 Å². The molecular weight excluding hydrogens is 1170 g/mol. The number of hydrogen-bond acceptors (Lipinski definition) is 3. The molecule has 0 aliphatic rings. The van der Waals surface area contributed by atoms with Crippen LogP contribution in [0.5, 0.6) is 0 Å². The summed E-state index contributed by atoms with van der Waals surface area (Å²) in [4.78, 5) is 14.5. The second-order valence-corrected chi connectivity index (χ2v) is 24.8. The van der Waals surface area contributed by atoms with Crippen LogP contribution in [0.4, 0.5) is 4.39 Å². The average Bonchev–Trinajstić information content (AvgIpc) is 3.58. The number of aromatic nitrogens is 3. The summed E-state index contributed by atoms with van der Waals surface area (Å²) in [7, 11) is 0. The van der Waals surface area contributed by atoms with E-state index in [-0.39, 0.29) is 16.6 Å². The molecule has 0 amide bonds. The lowest BCUT2D eigenvalue weighted by molar-refractivity contribution is 0.589. The summed E-state index contributed by atoms with van der Waals surface area (Å²) in [5.41, 5.74) is 24.1. The van der Waals surface area contributed by atoms with Crippen molar-refractivity contribution in [1.29, 1.82) is 0 Å². The molecule has 0 spiro atoms. The zero-order valence-electron chi connectivity index (χ0n) is 45.1. The molecule has 11 aromatic rings. The second-order valence-electron chi connectivity index (χ2n) is 22.3. The Kier molecular flexibility index (Phi) is 14.9. The Balaban J connectivity index is 1.04. The Morgan fingerprint density at radius 2 is 0.696 bits per heavy atom. The summed E-state index contributed by atoms with van der Waals surface area (Å²) >= 11 is 12.1. The maximum absolute atomic E-state index is 14.2. The Morgan fingerprint density at radius 1 is 0.316 bits per heavy atom. The van der Waals surface area contributed by atoms with Crippen LogP contribution in [0.3, 0.4) is 0 Å². The maximum Gasteiger partial charge on any atom is 0.123 e. The van der Waals surface area contributed by atoms with E-state index in [1.54, 1.807) is 12.1 Å². The molecule has 0 aliphatic carbocycles. The lowest BCUT2D eigenvalue weighted by atomic mass is 9.85. The fourth-order valence-corrected chi connectivity index (χ4v) is 12.2. The van der Waals surface area contributed by atoms with E-state index in [2.05, 4.69) is 265 Å². The van der Waals surface area contributed by atoms with Crippen LogP contribution >= 0.6 is 47.8 Å². The largest absolute Gasteiger partial charge is 0.256 e. The van der Waals surface area contributed by atoms with Crippen LogP contribution in [0.25, 0.3) is 112 Å². The van der Waals surface area contributed by atoms with Gasteiger partial charge < -0.3 is 0 Å². The van der Waals surface area contributed by atoms with Gasteiger partial charge in [0.2, 0.25) is 0 Å². The average molecular weight is 1220 g/mol. The topological polar surface area (TPSA) is 38.7 Å². The highest BCUT2D eigenvalue weighted by atomic mass is 79.9. The summed E-state index contributed by atoms with van der Waals surface area (Å²) in [5, 5.41) is 0. The van der Waals surface area contributed by atoms with Gasteiger partial charge >= 0.3 is 0 Å². The standard InChI is InChI=1S/C72H57Br3FN3/c1-44-33-68(79-43-64(44)45-15-14-16-54(76)37-45)46-23-26-61(65(73)38-46)58-20-11-8-17-55(58)49-34-50(56-18-9-12-21-59(56)62-27-24-47(39-66(62)74)69-41-52(29-31-77-69)71(2,3)4)36-51(35-49)57-19-10-13-22-60(57)63-28-25-48(40-67(63)75)70-42-53(30-32-78-70)72(5,6)7/h8-43H,1-7H3. The van der Waals surface area contributed by atoms with Gasteiger partial charge in [0.25, 0.3) is 0 Å². The van der Waals surface area contributed by atoms with Gasteiger partial charge in [-0.15, -0.1) is 0 Å². The van der Waals surface area contributed by atoms with Crippen LogP contribution in [-0.4, -0.2) is 15.0 Å². The molecule has 7 heteroatoms. The molecule has 0 saturated heterocycles. The molecule has 0 unspecified atom stereocenters. The van der Waals surface area contributed by atoms with Crippen molar-refractivity contribution < 1.29 is 4.39 Å². The van der Waals surface area contributed by atoms with Gasteiger partial charge in [-0.25, -0.2) is 4.39 Å². The van der Waals surface area contributed by atoms with Gasteiger partial charge in [-0.1, -0.05) is 211 Å². The fourth-order valence-electron chi connectivity index (χ4n) is 10.5. The number of nitrogens with zero attached hydrogens (tertiary/aromatic N) is 3. The highest BCUT2D eigenvalue weighted by molar-refractivity contribution is 9.11. The predicted molar refractivity (Wildman–Crippen MR) is 339 cm³/mol. The van der Waals surface area contributed by atoms with Crippen LogP contribution < -0.4 is 0 Å². The highest BCUT2D eigenvalue weighted by Crippen LogP contribution is 2.46. The number of hydrogen-bond donors (Lipinski definition) is 0. The molecule has 79 heavy (non-hydrogen) atoms. The zero-order chi connectivity index (χ0) is 55.2. The highest BCUT2D eigenvalue weighted by Gasteiger charge is 2.21. The van der Waals surface area contributed by atoms with Crippen LogP contribution in [0.15, 0.2) is 232 Å². The molecule has 3 heterocycles. The minimum Gasteiger partial charge on any atom is -0.256 e. The van der Waals surface area contributed by atoms with Gasteiger partial charge in [-0.05, 0) is 186 Å². The van der Waals surface area contributed by atoms with E-state index >= 15 is 0 Å². The number of pyridine rings is 3. The lowest BCUT2D eigenvalue weighted by Crippen LogP contribution is -2.11. The number of benzene rings is 8. The predicted octanol–water partition coefficient (Wildman–Crippen LogP) is 21.9. The van der Waals surface area contributed by atoms with Crippen molar-refractivity contribution in [2.24, 2.45) is 0 Å². The molecule has 0 aliphatic heterocycles. The van der Waals surface area contributed by atoms with Crippen molar-refractivity contribution in [2.75, 3.05) is 0 Å². The minimum atomic E-state index is -0.268. The van der Waals surface area contributed by atoms with Crippen LogP contribution in [-0.2, 0) is 10.8 Å². The summed E-state index contributed by atoms with van der Waals surface area (Å²) in [6.07, 6.45) is 5.67. The van der Waals surface area contributed by atoms with E-state index in [1.807, 2.05) is 31.6 Å². The molecule has 0 bridgehead atoms. The van der Waals surface area contributed by atoms with Gasteiger partial charge in [0.05, 0.1) is 17.1 Å². The molecule has 0 saturated carbocycles. The van der Waals surface area contributed by atoms with E-state index in [0.29, 0.717) is 0 Å². The third-order valence-corrected chi connectivity index (χ3v) is 16.8. The van der Waals surface area contributed by atoms with Gasteiger partial charge in [0.15, 0.2) is 0 Å². The van der Waals surface area contributed by atoms with Crippen LogP contribution in [0, 0.1) is 12.7 Å². The first-order chi connectivity index (χ1) is 38.0. The van der Waals surface area contributed by atoms with Crippen molar-refractivity contribution in [1.82, 2.24) is 15.0 Å². The smallest absolute Gasteiger partial charge is 0.123 e. The lowest BCUT2D eigenvalue weighted by Gasteiger charge is -2.20. The SMILES string of the molecule is Cc1cc(-c2ccc(-c3ccccc3-c3cc(-c4ccccc4-c4ccc(-c5cc(C(C)(C)C)ccn5)cc4Br)cc(-c4ccccc4-c4ccc(-c5cc(C(C)(C)C)ccn5)cc4Br)c3)c(Br)c2)ncc1-c1cccc(F)c1. The van der Waals surface area contributed by atoms with Crippen molar-refractivity contribution in [3.63, 3.8) is 0 Å². The first-order valence-electron chi connectivity index (χ1n) is 26.5. The molecule has 0 atom stereocenters. The molecule has 388 valence electrons. The van der Waals surface area contributed by atoms with E-state index in [9.17, 15) is 4.39 Å². The first-order valence-corrected chi connectivity index (χ1v) is 28.8. The minimum absolute atomic E-state index is 0.0000299. The van der Waals surface area contributed by atoms with E-state index in [4.69, 9.17) is 15.0 Å².